The van der Waals surface area contributed by atoms with Gasteiger partial charge < -0.3 is 15.2 Å². The lowest BCUT2D eigenvalue weighted by Crippen LogP contribution is -2.32. The van der Waals surface area contributed by atoms with E-state index in [4.69, 9.17) is 9.84 Å². The van der Waals surface area contributed by atoms with Crippen molar-refractivity contribution >= 4 is 0 Å². The second-order valence-electron chi connectivity index (χ2n) is 4.51. The van der Waals surface area contributed by atoms with E-state index in [1.54, 1.807) is 0 Å². The Hall–Kier alpha value is -1.06. The third-order valence-corrected chi connectivity index (χ3v) is 3.09. The lowest BCUT2D eigenvalue weighted by molar-refractivity contribution is 0.218. The van der Waals surface area contributed by atoms with Crippen molar-refractivity contribution in [3.63, 3.8) is 0 Å². The Morgan fingerprint density at radius 3 is 2.59 bits per heavy atom. The van der Waals surface area contributed by atoms with Gasteiger partial charge in [0.15, 0.2) is 0 Å². The number of aryl methyl sites for hydroxylation is 2. The van der Waals surface area contributed by atoms with Gasteiger partial charge in [-0.1, -0.05) is 6.07 Å². The lowest BCUT2D eigenvalue weighted by atomic mass is 10.1. The van der Waals surface area contributed by atoms with Gasteiger partial charge in [-0.2, -0.15) is 0 Å². The maximum atomic E-state index is 8.91. The number of aliphatic hydroxyl groups excluding tert-OH is 1. The predicted molar refractivity (Wildman–Crippen MR) is 70.7 cm³/mol. The molecule has 0 heterocycles. The molecule has 0 aliphatic heterocycles. The molecule has 0 aliphatic carbocycles. The summed E-state index contributed by atoms with van der Waals surface area (Å²) in [6.45, 7) is 7.01. The summed E-state index contributed by atoms with van der Waals surface area (Å²) >= 11 is 0. The lowest BCUT2D eigenvalue weighted by Gasteiger charge is -2.18. The maximum absolute atomic E-state index is 8.91. The molecule has 1 unspecified atom stereocenters. The van der Waals surface area contributed by atoms with Crippen LogP contribution >= 0.6 is 0 Å². The average Bonchev–Trinajstić information content (AvgIpc) is 2.30. The largest absolute Gasteiger partial charge is 0.492 e. The molecule has 0 aliphatic rings. The first-order valence-electron chi connectivity index (χ1n) is 6.07. The quantitative estimate of drug-likeness (QED) is 0.794. The van der Waals surface area contributed by atoms with Gasteiger partial charge in [0, 0.05) is 12.6 Å². The van der Waals surface area contributed by atoms with Crippen LogP contribution < -0.4 is 10.1 Å². The first-order valence-corrected chi connectivity index (χ1v) is 6.07. The molecular weight excluding hydrogens is 214 g/mol. The maximum Gasteiger partial charge on any atom is 0.122 e. The van der Waals surface area contributed by atoms with Gasteiger partial charge in [0.1, 0.15) is 12.4 Å². The number of likely N-dealkylation sites (N-methyl/N-ethyl adjacent to an activating group) is 1. The summed E-state index contributed by atoms with van der Waals surface area (Å²) in [5, 5.41) is 12.0. The number of ether oxygens (including phenoxy) is 1. The zero-order valence-corrected chi connectivity index (χ0v) is 11.2. The van der Waals surface area contributed by atoms with E-state index in [1.807, 2.05) is 7.05 Å². The second kappa shape index (κ2) is 6.62. The van der Waals surface area contributed by atoms with Crippen molar-refractivity contribution in [1.29, 1.82) is 0 Å². The normalized spacial score (nSPS) is 12.5. The first-order chi connectivity index (χ1) is 8.08. The van der Waals surface area contributed by atoms with Crippen molar-refractivity contribution < 1.29 is 9.84 Å². The minimum Gasteiger partial charge on any atom is -0.492 e. The molecule has 17 heavy (non-hydrogen) atoms. The molecule has 0 spiro atoms. The van der Waals surface area contributed by atoms with E-state index in [2.05, 4.69) is 38.2 Å². The molecular formula is C14H23NO2. The number of hydrogen-bond donors (Lipinski definition) is 2. The molecule has 1 aromatic rings. The van der Waals surface area contributed by atoms with Gasteiger partial charge in [0.05, 0.1) is 0 Å². The Balaban J connectivity index is 2.68. The van der Waals surface area contributed by atoms with E-state index in [9.17, 15) is 0 Å². The molecule has 96 valence electrons. The van der Waals surface area contributed by atoms with E-state index in [0.29, 0.717) is 13.0 Å². The van der Waals surface area contributed by atoms with Gasteiger partial charge in [0.2, 0.25) is 0 Å². The molecule has 0 radical (unpaired) electrons. The molecule has 1 rings (SSSR count). The Morgan fingerprint density at radius 2 is 2.00 bits per heavy atom. The summed E-state index contributed by atoms with van der Waals surface area (Å²) < 4.78 is 5.83. The standard InChI is InChI=1S/C14H23NO2/c1-10-7-11(2)12(3)14(8-10)17-9-13(15-4)5-6-16/h7-8,13,15-16H,5-6,9H2,1-4H3. The molecule has 0 aromatic heterocycles. The van der Waals surface area contributed by atoms with Crippen LogP contribution in [0.25, 0.3) is 0 Å². The van der Waals surface area contributed by atoms with E-state index >= 15 is 0 Å². The molecule has 0 saturated carbocycles. The summed E-state index contributed by atoms with van der Waals surface area (Å²) in [7, 11) is 1.89. The van der Waals surface area contributed by atoms with Crippen LogP contribution in [0.3, 0.4) is 0 Å². The van der Waals surface area contributed by atoms with Gasteiger partial charge >= 0.3 is 0 Å². The molecule has 0 saturated heterocycles. The van der Waals surface area contributed by atoms with E-state index in [-0.39, 0.29) is 12.6 Å². The van der Waals surface area contributed by atoms with Crippen LogP contribution in [0.1, 0.15) is 23.1 Å². The summed E-state index contributed by atoms with van der Waals surface area (Å²) in [5.41, 5.74) is 3.66. The number of aliphatic hydroxyl groups is 1. The van der Waals surface area contributed by atoms with Crippen LogP contribution in [0.2, 0.25) is 0 Å². The van der Waals surface area contributed by atoms with E-state index in [1.165, 1.54) is 16.7 Å². The Morgan fingerprint density at radius 1 is 1.29 bits per heavy atom. The molecule has 1 aromatic carbocycles. The highest BCUT2D eigenvalue weighted by atomic mass is 16.5. The highest BCUT2D eigenvalue weighted by Crippen LogP contribution is 2.23. The van der Waals surface area contributed by atoms with Crippen LogP contribution in [0, 0.1) is 20.8 Å². The first kappa shape index (κ1) is 14.0. The average molecular weight is 237 g/mol. The molecule has 0 amide bonds. The predicted octanol–water partition coefficient (Wildman–Crippen LogP) is 1.96. The summed E-state index contributed by atoms with van der Waals surface area (Å²) in [5.74, 6) is 0.945. The Labute approximate surface area is 104 Å². The van der Waals surface area contributed by atoms with Crippen molar-refractivity contribution in [2.45, 2.75) is 33.2 Å². The zero-order valence-electron chi connectivity index (χ0n) is 11.2. The molecule has 2 N–H and O–H groups in total. The third kappa shape index (κ3) is 4.02. The smallest absolute Gasteiger partial charge is 0.122 e. The number of nitrogens with one attached hydrogen (secondary N) is 1. The third-order valence-electron chi connectivity index (χ3n) is 3.09. The SMILES string of the molecule is CNC(CCO)COc1cc(C)cc(C)c1C. The molecule has 3 heteroatoms. The highest BCUT2D eigenvalue weighted by molar-refractivity contribution is 5.41. The van der Waals surface area contributed by atoms with Crippen molar-refractivity contribution in [3.05, 3.63) is 28.8 Å². The van der Waals surface area contributed by atoms with E-state index in [0.717, 1.165) is 5.75 Å². The fourth-order valence-electron chi connectivity index (χ4n) is 1.81. The van der Waals surface area contributed by atoms with Gasteiger partial charge in [0.25, 0.3) is 0 Å². The van der Waals surface area contributed by atoms with Crippen LogP contribution in [-0.2, 0) is 0 Å². The van der Waals surface area contributed by atoms with Crippen LogP contribution in [-0.4, -0.2) is 31.4 Å². The fourth-order valence-corrected chi connectivity index (χ4v) is 1.81. The van der Waals surface area contributed by atoms with Crippen LogP contribution in [0.15, 0.2) is 12.1 Å². The number of benzene rings is 1. The Kier molecular flexibility index (Phi) is 5.45. The summed E-state index contributed by atoms with van der Waals surface area (Å²) in [4.78, 5) is 0. The molecule has 3 nitrogen and oxygen atoms in total. The summed E-state index contributed by atoms with van der Waals surface area (Å²) in [6, 6.07) is 4.42. The van der Waals surface area contributed by atoms with Gasteiger partial charge in [-0.3, -0.25) is 0 Å². The minimum absolute atomic E-state index is 0.181. The summed E-state index contributed by atoms with van der Waals surface area (Å²) in [6.07, 6.45) is 0.709. The second-order valence-corrected chi connectivity index (χ2v) is 4.51. The van der Waals surface area contributed by atoms with Crippen molar-refractivity contribution in [2.75, 3.05) is 20.3 Å². The number of hydrogen-bond acceptors (Lipinski definition) is 3. The van der Waals surface area contributed by atoms with E-state index < -0.39 is 0 Å². The topological polar surface area (TPSA) is 41.5 Å². The zero-order chi connectivity index (χ0) is 12.8. The van der Waals surface area contributed by atoms with Gasteiger partial charge in [-0.15, -0.1) is 0 Å². The van der Waals surface area contributed by atoms with Gasteiger partial charge in [-0.05, 0) is 57.0 Å². The Bertz CT molecular complexity index is 363. The minimum atomic E-state index is 0.181. The fraction of sp³-hybridized carbons (Fsp3) is 0.571. The number of rotatable bonds is 6. The van der Waals surface area contributed by atoms with Crippen LogP contribution in [0.5, 0.6) is 5.75 Å². The van der Waals surface area contributed by atoms with Crippen molar-refractivity contribution in [1.82, 2.24) is 5.32 Å². The van der Waals surface area contributed by atoms with Gasteiger partial charge in [-0.25, -0.2) is 0 Å². The highest BCUT2D eigenvalue weighted by Gasteiger charge is 2.09. The van der Waals surface area contributed by atoms with Crippen molar-refractivity contribution in [3.8, 4) is 5.75 Å². The molecule has 0 fully saturated rings. The van der Waals surface area contributed by atoms with Crippen molar-refractivity contribution in [2.24, 2.45) is 0 Å². The molecule has 1 atom stereocenters. The van der Waals surface area contributed by atoms with Crippen LogP contribution in [0.4, 0.5) is 0 Å². The molecule has 0 bridgehead atoms. The monoisotopic (exact) mass is 237 g/mol.